The van der Waals surface area contributed by atoms with E-state index in [2.05, 4.69) is 30.7 Å². The van der Waals surface area contributed by atoms with Gasteiger partial charge in [0.1, 0.15) is 5.65 Å². The van der Waals surface area contributed by atoms with Gasteiger partial charge in [-0.2, -0.15) is 5.10 Å². The van der Waals surface area contributed by atoms with Crippen LogP contribution in [0.15, 0.2) is 43.0 Å². The number of ether oxygens (including phenoxy) is 1. The first-order chi connectivity index (χ1) is 17.9. The average Bonchev–Trinajstić information content (AvgIpc) is 3.52. The fourth-order valence-electron chi connectivity index (χ4n) is 4.46. The summed E-state index contributed by atoms with van der Waals surface area (Å²) >= 11 is 0. The second-order valence-electron chi connectivity index (χ2n) is 9.37. The summed E-state index contributed by atoms with van der Waals surface area (Å²) in [4.78, 5) is 39.7. The highest BCUT2D eigenvalue weighted by molar-refractivity contribution is 6.06. The topological polar surface area (TPSA) is 130 Å². The van der Waals surface area contributed by atoms with E-state index in [1.54, 1.807) is 36.1 Å². The molecule has 0 bridgehead atoms. The van der Waals surface area contributed by atoms with Crippen LogP contribution in [0.4, 0.5) is 11.4 Å². The number of aromatic amines is 1. The maximum Gasteiger partial charge on any atom is 0.257 e. The maximum atomic E-state index is 13.0. The highest BCUT2D eigenvalue weighted by Gasteiger charge is 2.20. The number of fused-ring (bicyclic) bond motifs is 1. The summed E-state index contributed by atoms with van der Waals surface area (Å²) in [5.41, 5.74) is 4.59. The van der Waals surface area contributed by atoms with Gasteiger partial charge in [-0.3, -0.25) is 24.2 Å². The number of anilines is 2. The lowest BCUT2D eigenvalue weighted by atomic mass is 10.1. The van der Waals surface area contributed by atoms with E-state index in [0.717, 1.165) is 42.7 Å². The van der Waals surface area contributed by atoms with Crippen molar-refractivity contribution in [2.24, 2.45) is 7.05 Å². The molecule has 0 unspecified atom stereocenters. The first-order valence-corrected chi connectivity index (χ1v) is 12.2. The van der Waals surface area contributed by atoms with Crippen molar-refractivity contribution in [2.75, 3.05) is 37.4 Å². The lowest BCUT2D eigenvalue weighted by molar-refractivity contribution is -0.118. The first kappa shape index (κ1) is 24.6. The average molecular weight is 503 g/mol. The maximum absolute atomic E-state index is 13.0. The molecule has 0 saturated carbocycles. The van der Waals surface area contributed by atoms with Gasteiger partial charge in [0, 0.05) is 49.6 Å². The fraction of sp³-hybridized carbons (Fsp3) is 0.346. The number of pyridine rings is 2. The van der Waals surface area contributed by atoms with Crippen LogP contribution in [0.5, 0.6) is 0 Å². The molecule has 0 spiro atoms. The van der Waals surface area contributed by atoms with Crippen LogP contribution >= 0.6 is 0 Å². The van der Waals surface area contributed by atoms with Crippen LogP contribution < -0.4 is 10.6 Å². The molecule has 4 aromatic rings. The number of amides is 2. The van der Waals surface area contributed by atoms with Gasteiger partial charge in [-0.05, 0) is 45.0 Å². The van der Waals surface area contributed by atoms with Crippen LogP contribution in [-0.4, -0.2) is 74.3 Å². The summed E-state index contributed by atoms with van der Waals surface area (Å²) in [6.07, 6.45) is 8.62. The predicted molar refractivity (Wildman–Crippen MR) is 140 cm³/mol. The smallest absolute Gasteiger partial charge is 0.257 e. The Hall–Kier alpha value is -4.09. The van der Waals surface area contributed by atoms with E-state index in [0.29, 0.717) is 34.3 Å². The number of H-pyrrole nitrogens is 1. The molecule has 1 aliphatic heterocycles. The van der Waals surface area contributed by atoms with E-state index in [-0.39, 0.29) is 18.4 Å². The summed E-state index contributed by atoms with van der Waals surface area (Å²) in [5, 5.41) is 10.8. The van der Waals surface area contributed by atoms with Gasteiger partial charge < -0.3 is 20.4 Å². The molecule has 4 aromatic heterocycles. The number of nitrogens with one attached hydrogen (secondary N) is 3. The lowest BCUT2D eigenvalue weighted by Crippen LogP contribution is -2.41. The Morgan fingerprint density at radius 1 is 1.14 bits per heavy atom. The quantitative estimate of drug-likeness (QED) is 0.354. The number of hydrogen-bond acceptors (Lipinski definition) is 7. The van der Waals surface area contributed by atoms with Crippen molar-refractivity contribution in [3.63, 3.8) is 0 Å². The van der Waals surface area contributed by atoms with Gasteiger partial charge in [-0.15, -0.1) is 0 Å². The third-order valence-electron chi connectivity index (χ3n) is 6.57. The van der Waals surface area contributed by atoms with Crippen LogP contribution in [0, 0.1) is 6.92 Å². The molecule has 0 radical (unpaired) electrons. The molecule has 0 aromatic carbocycles. The predicted octanol–water partition coefficient (Wildman–Crippen LogP) is 2.97. The van der Waals surface area contributed by atoms with Gasteiger partial charge in [0.25, 0.3) is 5.91 Å². The summed E-state index contributed by atoms with van der Waals surface area (Å²) in [6, 6.07) is 5.78. The molecule has 5 rings (SSSR count). The Morgan fingerprint density at radius 2 is 1.95 bits per heavy atom. The number of hydrogen-bond donors (Lipinski definition) is 3. The van der Waals surface area contributed by atoms with Gasteiger partial charge in [-0.1, -0.05) is 0 Å². The van der Waals surface area contributed by atoms with Crippen molar-refractivity contribution >= 4 is 34.2 Å². The van der Waals surface area contributed by atoms with Gasteiger partial charge in [0.05, 0.1) is 47.3 Å². The van der Waals surface area contributed by atoms with Crippen molar-refractivity contribution in [2.45, 2.75) is 25.8 Å². The van der Waals surface area contributed by atoms with Gasteiger partial charge in [0.15, 0.2) is 0 Å². The molecule has 1 saturated heterocycles. The molecular weight excluding hydrogens is 472 g/mol. The Kier molecular flexibility index (Phi) is 6.97. The molecule has 2 amide bonds. The van der Waals surface area contributed by atoms with E-state index >= 15 is 0 Å². The monoisotopic (exact) mass is 502 g/mol. The zero-order chi connectivity index (χ0) is 25.9. The normalized spacial score (nSPS) is 14.3. The molecule has 0 aliphatic carbocycles. The van der Waals surface area contributed by atoms with Gasteiger partial charge in [-0.25, -0.2) is 4.98 Å². The lowest BCUT2D eigenvalue weighted by Gasteiger charge is -2.30. The van der Waals surface area contributed by atoms with E-state index in [9.17, 15) is 9.59 Å². The highest BCUT2D eigenvalue weighted by atomic mass is 16.5. The van der Waals surface area contributed by atoms with Crippen LogP contribution in [0.1, 0.15) is 28.9 Å². The third-order valence-corrected chi connectivity index (χ3v) is 6.57. The number of aryl methyl sites for hydroxylation is 2. The minimum absolute atomic E-state index is 0.136. The number of nitrogens with zero attached hydrogens (tertiary/aromatic N) is 5. The Balaban J connectivity index is 1.25. The van der Waals surface area contributed by atoms with Crippen LogP contribution in [0.2, 0.25) is 0 Å². The second kappa shape index (κ2) is 10.5. The second-order valence-corrected chi connectivity index (χ2v) is 9.37. The van der Waals surface area contributed by atoms with E-state index in [4.69, 9.17) is 4.74 Å². The zero-order valence-electron chi connectivity index (χ0n) is 21.1. The zero-order valence-corrected chi connectivity index (χ0v) is 21.1. The minimum atomic E-state index is -0.314. The largest absolute Gasteiger partial charge is 0.381 e. The SMILES string of the molecule is Cc1ncc(NC(=O)CN(C)C2CCOCC2)cc1NC(=O)c1cnc2[nH]c(-c3cnn(C)c3)cc2c1. The Bertz CT molecular complexity index is 1440. The van der Waals surface area contributed by atoms with Crippen molar-refractivity contribution < 1.29 is 14.3 Å². The summed E-state index contributed by atoms with van der Waals surface area (Å²) < 4.78 is 7.13. The van der Waals surface area contributed by atoms with E-state index in [1.807, 2.05) is 31.3 Å². The molecule has 37 heavy (non-hydrogen) atoms. The van der Waals surface area contributed by atoms with E-state index in [1.165, 1.54) is 6.20 Å². The molecule has 11 heteroatoms. The van der Waals surface area contributed by atoms with Crippen molar-refractivity contribution in [1.82, 2.24) is 29.6 Å². The molecule has 0 atom stereocenters. The Labute approximate surface area is 214 Å². The van der Waals surface area contributed by atoms with Crippen LogP contribution in [0.25, 0.3) is 22.3 Å². The molecule has 1 aliphatic rings. The van der Waals surface area contributed by atoms with Crippen LogP contribution in [0.3, 0.4) is 0 Å². The third kappa shape index (κ3) is 5.68. The van der Waals surface area contributed by atoms with Crippen molar-refractivity contribution in [1.29, 1.82) is 0 Å². The van der Waals surface area contributed by atoms with Crippen molar-refractivity contribution in [3.8, 4) is 11.3 Å². The molecule has 5 heterocycles. The fourth-order valence-corrected chi connectivity index (χ4v) is 4.46. The standard InChI is InChI=1S/C26H30N8O3/c1-16-22(10-20(13-27-16)30-24(35)15-33(2)21-4-6-37-7-5-21)32-26(36)18-8-17-9-23(31-25(17)28-11-18)19-12-29-34(3)14-19/h8-14,21H,4-7,15H2,1-3H3,(H,28,31)(H,30,35)(H,32,36). The Morgan fingerprint density at radius 3 is 2.70 bits per heavy atom. The molecule has 192 valence electrons. The van der Waals surface area contributed by atoms with Crippen molar-refractivity contribution in [3.05, 3.63) is 54.2 Å². The molecule has 1 fully saturated rings. The summed E-state index contributed by atoms with van der Waals surface area (Å²) in [7, 11) is 3.81. The number of aromatic nitrogens is 5. The minimum Gasteiger partial charge on any atom is -0.381 e. The number of rotatable bonds is 7. The molecule has 3 N–H and O–H groups in total. The number of likely N-dealkylation sites (N-methyl/N-ethyl adjacent to an activating group) is 1. The number of carbonyl (C=O) groups excluding carboxylic acids is 2. The van der Waals surface area contributed by atoms with Gasteiger partial charge in [0.2, 0.25) is 5.91 Å². The van der Waals surface area contributed by atoms with E-state index < -0.39 is 0 Å². The molecule has 11 nitrogen and oxygen atoms in total. The first-order valence-electron chi connectivity index (χ1n) is 12.2. The van der Waals surface area contributed by atoms with Crippen LogP contribution in [-0.2, 0) is 16.6 Å². The highest BCUT2D eigenvalue weighted by Crippen LogP contribution is 2.24. The van der Waals surface area contributed by atoms with Gasteiger partial charge >= 0.3 is 0 Å². The molecular formula is C26H30N8O3. The number of carbonyl (C=O) groups is 2. The summed E-state index contributed by atoms with van der Waals surface area (Å²) in [6.45, 7) is 3.51. The summed E-state index contributed by atoms with van der Waals surface area (Å²) in [5.74, 6) is -0.449.